The zero-order valence-electron chi connectivity index (χ0n) is 12.0. The van der Waals surface area contributed by atoms with Gasteiger partial charge < -0.3 is 10.0 Å². The summed E-state index contributed by atoms with van der Waals surface area (Å²) in [5.41, 5.74) is 1.04. The van der Waals surface area contributed by atoms with E-state index in [0.717, 1.165) is 25.9 Å². The van der Waals surface area contributed by atoms with Crippen molar-refractivity contribution >= 4 is 11.8 Å². The molecule has 0 amide bonds. The Morgan fingerprint density at radius 1 is 1.14 bits per heavy atom. The number of aromatic nitrogens is 2. The monoisotopic (exact) mass is 301 g/mol. The van der Waals surface area contributed by atoms with E-state index in [9.17, 15) is 9.18 Å². The summed E-state index contributed by atoms with van der Waals surface area (Å²) in [6.45, 7) is 1.74. The van der Waals surface area contributed by atoms with Gasteiger partial charge in [0.1, 0.15) is 11.5 Å². The van der Waals surface area contributed by atoms with E-state index in [2.05, 4.69) is 14.9 Å². The van der Waals surface area contributed by atoms with E-state index in [4.69, 9.17) is 5.11 Å². The summed E-state index contributed by atoms with van der Waals surface area (Å²) in [4.78, 5) is 21.8. The second kappa shape index (κ2) is 6.09. The largest absolute Gasteiger partial charge is 0.476 e. The minimum Gasteiger partial charge on any atom is -0.476 e. The van der Waals surface area contributed by atoms with Crippen LogP contribution < -0.4 is 4.90 Å². The Morgan fingerprint density at radius 2 is 1.82 bits per heavy atom. The predicted molar refractivity (Wildman–Crippen MR) is 80.4 cm³/mol. The first-order valence-electron chi connectivity index (χ1n) is 7.26. The Labute approximate surface area is 127 Å². The van der Waals surface area contributed by atoms with Crippen molar-refractivity contribution in [3.8, 4) is 11.3 Å². The van der Waals surface area contributed by atoms with Gasteiger partial charge in [-0.1, -0.05) is 0 Å². The van der Waals surface area contributed by atoms with E-state index >= 15 is 0 Å². The van der Waals surface area contributed by atoms with E-state index in [1.165, 1.54) is 24.8 Å². The van der Waals surface area contributed by atoms with Gasteiger partial charge in [-0.3, -0.25) is 0 Å². The van der Waals surface area contributed by atoms with Gasteiger partial charge in [0.05, 0.1) is 6.20 Å². The summed E-state index contributed by atoms with van der Waals surface area (Å²) >= 11 is 0. The van der Waals surface area contributed by atoms with Crippen LogP contribution in [-0.2, 0) is 0 Å². The molecule has 3 rings (SSSR count). The first-order valence-corrected chi connectivity index (χ1v) is 7.26. The smallest absolute Gasteiger partial charge is 0.356 e. The number of carboxylic acids is 1. The third-order valence-electron chi connectivity index (χ3n) is 3.75. The van der Waals surface area contributed by atoms with Crippen LogP contribution in [0, 0.1) is 5.82 Å². The van der Waals surface area contributed by atoms with Crippen LogP contribution in [0.2, 0.25) is 0 Å². The van der Waals surface area contributed by atoms with Crippen molar-refractivity contribution < 1.29 is 14.3 Å². The van der Waals surface area contributed by atoms with E-state index in [1.807, 2.05) is 0 Å². The summed E-state index contributed by atoms with van der Waals surface area (Å²) in [6.07, 6.45) is 4.61. The van der Waals surface area contributed by atoms with Gasteiger partial charge in [-0.25, -0.2) is 19.2 Å². The molecule has 0 bridgehead atoms. The second-order valence-corrected chi connectivity index (χ2v) is 5.29. The summed E-state index contributed by atoms with van der Waals surface area (Å²) in [5, 5.41) is 9.13. The number of anilines is 1. The highest BCUT2D eigenvalue weighted by Gasteiger charge is 2.20. The first kappa shape index (κ1) is 14.4. The maximum absolute atomic E-state index is 13.1. The van der Waals surface area contributed by atoms with Crippen molar-refractivity contribution in [2.75, 3.05) is 18.0 Å². The minimum atomic E-state index is -1.12. The Balaban J connectivity index is 2.08. The highest BCUT2D eigenvalue weighted by atomic mass is 19.1. The zero-order chi connectivity index (χ0) is 15.5. The molecule has 0 unspecified atom stereocenters. The van der Waals surface area contributed by atoms with Gasteiger partial charge in [0, 0.05) is 18.7 Å². The fraction of sp³-hybridized carbons (Fsp3) is 0.312. The number of halogens is 1. The molecule has 0 atom stereocenters. The zero-order valence-corrected chi connectivity index (χ0v) is 12.0. The van der Waals surface area contributed by atoms with Gasteiger partial charge in [0.15, 0.2) is 11.5 Å². The second-order valence-electron chi connectivity index (χ2n) is 5.29. The average Bonchev–Trinajstić information content (AvgIpc) is 2.56. The number of hydrogen-bond donors (Lipinski definition) is 1. The molecule has 0 spiro atoms. The number of benzene rings is 1. The molecule has 5 nitrogen and oxygen atoms in total. The van der Waals surface area contributed by atoms with Crippen LogP contribution in [0.25, 0.3) is 11.3 Å². The normalized spacial score (nSPS) is 14.9. The van der Waals surface area contributed by atoms with E-state index in [1.54, 1.807) is 12.1 Å². The topological polar surface area (TPSA) is 66.3 Å². The molecule has 1 aliphatic rings. The molecular formula is C16H16FN3O2. The van der Waals surface area contributed by atoms with Gasteiger partial charge in [-0.2, -0.15) is 0 Å². The van der Waals surface area contributed by atoms with Crippen molar-refractivity contribution in [3.05, 3.63) is 42.0 Å². The molecule has 1 aromatic carbocycles. The van der Waals surface area contributed by atoms with Crippen LogP contribution in [-0.4, -0.2) is 34.1 Å². The average molecular weight is 301 g/mol. The number of carbonyl (C=O) groups is 1. The Morgan fingerprint density at radius 3 is 2.45 bits per heavy atom. The van der Waals surface area contributed by atoms with Gasteiger partial charge in [-0.05, 0) is 43.5 Å². The quantitative estimate of drug-likeness (QED) is 0.944. The van der Waals surface area contributed by atoms with Crippen molar-refractivity contribution in [3.63, 3.8) is 0 Å². The highest BCUT2D eigenvalue weighted by Crippen LogP contribution is 2.29. The molecule has 1 fully saturated rings. The lowest BCUT2D eigenvalue weighted by Gasteiger charge is -2.29. The lowest BCUT2D eigenvalue weighted by atomic mass is 10.1. The third-order valence-corrected chi connectivity index (χ3v) is 3.75. The number of aromatic carboxylic acids is 1. The summed E-state index contributed by atoms with van der Waals surface area (Å²) in [5.74, 6) is -0.803. The molecule has 1 aliphatic heterocycles. The van der Waals surface area contributed by atoms with Crippen LogP contribution in [0.3, 0.4) is 0 Å². The first-order chi connectivity index (χ1) is 10.6. The molecule has 2 aromatic rings. The molecule has 114 valence electrons. The molecule has 0 saturated carbocycles. The van der Waals surface area contributed by atoms with E-state index in [0.29, 0.717) is 17.1 Å². The Kier molecular flexibility index (Phi) is 4.00. The molecule has 0 radical (unpaired) electrons. The van der Waals surface area contributed by atoms with Crippen molar-refractivity contribution in [2.24, 2.45) is 0 Å². The number of hydrogen-bond acceptors (Lipinski definition) is 4. The highest BCUT2D eigenvalue weighted by molar-refractivity contribution is 5.87. The molecule has 1 aromatic heterocycles. The lowest BCUT2D eigenvalue weighted by Crippen LogP contribution is -2.31. The maximum Gasteiger partial charge on any atom is 0.356 e. The fourth-order valence-corrected chi connectivity index (χ4v) is 2.62. The summed E-state index contributed by atoms with van der Waals surface area (Å²) in [6, 6.07) is 5.87. The van der Waals surface area contributed by atoms with Crippen LogP contribution in [0.15, 0.2) is 30.5 Å². The summed E-state index contributed by atoms with van der Waals surface area (Å²) in [7, 11) is 0. The van der Waals surface area contributed by atoms with Crippen molar-refractivity contribution in [1.29, 1.82) is 0 Å². The van der Waals surface area contributed by atoms with Gasteiger partial charge in [-0.15, -0.1) is 0 Å². The summed E-state index contributed by atoms with van der Waals surface area (Å²) < 4.78 is 13.1. The molecule has 6 heteroatoms. The number of carboxylic acid groups (broad SMARTS) is 1. The van der Waals surface area contributed by atoms with Crippen LogP contribution in [0.5, 0.6) is 0 Å². The lowest BCUT2D eigenvalue weighted by molar-refractivity contribution is 0.0690. The van der Waals surface area contributed by atoms with Gasteiger partial charge in [0.25, 0.3) is 0 Å². The van der Waals surface area contributed by atoms with Gasteiger partial charge in [0.2, 0.25) is 0 Å². The van der Waals surface area contributed by atoms with E-state index in [-0.39, 0.29) is 11.5 Å². The number of rotatable bonds is 3. The predicted octanol–water partition coefficient (Wildman–Crippen LogP) is 2.97. The SMILES string of the molecule is O=C(O)c1cnc(N2CCCCC2)c(-c2ccc(F)cc2)n1. The Hall–Kier alpha value is -2.50. The molecule has 1 saturated heterocycles. The molecular weight excluding hydrogens is 285 g/mol. The third kappa shape index (κ3) is 2.90. The number of nitrogens with zero attached hydrogens (tertiary/aromatic N) is 3. The van der Waals surface area contributed by atoms with Gasteiger partial charge >= 0.3 is 5.97 Å². The molecule has 1 N–H and O–H groups in total. The molecule has 0 aliphatic carbocycles. The standard InChI is InChI=1S/C16H16FN3O2/c17-12-6-4-11(5-7-12)14-15(20-8-2-1-3-9-20)18-10-13(19-14)16(21)22/h4-7,10H,1-3,8-9H2,(H,21,22). The van der Waals surface area contributed by atoms with Crippen molar-refractivity contribution in [2.45, 2.75) is 19.3 Å². The number of piperidine rings is 1. The van der Waals surface area contributed by atoms with Crippen molar-refractivity contribution in [1.82, 2.24) is 9.97 Å². The van der Waals surface area contributed by atoms with Crippen LogP contribution in [0.4, 0.5) is 10.2 Å². The minimum absolute atomic E-state index is 0.111. The fourth-order valence-electron chi connectivity index (χ4n) is 2.62. The maximum atomic E-state index is 13.1. The van der Waals surface area contributed by atoms with Crippen LogP contribution >= 0.6 is 0 Å². The van der Waals surface area contributed by atoms with Crippen LogP contribution in [0.1, 0.15) is 29.8 Å². The molecule has 22 heavy (non-hydrogen) atoms. The Bertz CT molecular complexity index is 682. The van der Waals surface area contributed by atoms with E-state index < -0.39 is 5.97 Å². The molecule has 2 heterocycles.